The van der Waals surface area contributed by atoms with Gasteiger partial charge in [0.05, 0.1) is 6.61 Å². The van der Waals surface area contributed by atoms with E-state index in [1.54, 1.807) is 0 Å². The van der Waals surface area contributed by atoms with Crippen molar-refractivity contribution in [3.05, 3.63) is 11.6 Å². The highest BCUT2D eigenvalue weighted by Crippen LogP contribution is 2.61. The third kappa shape index (κ3) is 1.53. The summed E-state index contributed by atoms with van der Waals surface area (Å²) in [6.45, 7) is 7.98. The van der Waals surface area contributed by atoms with E-state index in [9.17, 15) is 5.11 Å². The molecule has 2 fully saturated rings. The number of aliphatic hydroxyl groups excluding tert-OH is 1. The molecule has 0 aromatic carbocycles. The zero-order chi connectivity index (χ0) is 12.3. The highest BCUT2D eigenvalue weighted by Gasteiger charge is 2.55. The van der Waals surface area contributed by atoms with Gasteiger partial charge in [-0.3, -0.25) is 0 Å². The first-order valence-electron chi connectivity index (χ1n) is 6.95. The molecule has 0 radical (unpaired) electrons. The first-order chi connectivity index (χ1) is 7.95. The van der Waals surface area contributed by atoms with Gasteiger partial charge in [-0.2, -0.15) is 0 Å². The summed E-state index contributed by atoms with van der Waals surface area (Å²) in [7, 11) is 0. The summed E-state index contributed by atoms with van der Waals surface area (Å²) in [5.74, 6) is 1.20. The van der Waals surface area contributed by atoms with Crippen molar-refractivity contribution in [3.63, 3.8) is 0 Å². The lowest BCUT2D eigenvalue weighted by molar-refractivity contribution is -0.0563. The smallest absolute Gasteiger partial charge is 0.177 e. The van der Waals surface area contributed by atoms with Gasteiger partial charge < -0.3 is 9.84 Å². The van der Waals surface area contributed by atoms with Gasteiger partial charge in [-0.15, -0.1) is 0 Å². The fourth-order valence-corrected chi connectivity index (χ4v) is 4.79. The van der Waals surface area contributed by atoms with Crippen molar-refractivity contribution >= 4 is 0 Å². The summed E-state index contributed by atoms with van der Waals surface area (Å²) in [5, 5.41) is 9.87. The van der Waals surface area contributed by atoms with E-state index in [4.69, 9.17) is 4.74 Å². The number of rotatable bonds is 0. The van der Waals surface area contributed by atoms with Gasteiger partial charge >= 0.3 is 0 Å². The van der Waals surface area contributed by atoms with Crippen LogP contribution in [0.15, 0.2) is 11.6 Å². The molecule has 1 saturated carbocycles. The average Bonchev–Trinajstić information content (AvgIpc) is 2.60. The zero-order valence-electron chi connectivity index (χ0n) is 11.2. The van der Waals surface area contributed by atoms with Gasteiger partial charge in [-0.1, -0.05) is 33.3 Å². The predicted molar refractivity (Wildman–Crippen MR) is 67.4 cm³/mol. The second-order valence-electron chi connectivity index (χ2n) is 7.08. The van der Waals surface area contributed by atoms with E-state index in [1.165, 1.54) is 24.8 Å². The molecule has 1 N–H and O–H groups in total. The SMILES string of the molecule is CC1(C)CCC[C@]2(C)C3COC(O)C3=CC[C@@H]12. The second-order valence-corrected chi connectivity index (χ2v) is 7.08. The molecule has 0 spiro atoms. The largest absolute Gasteiger partial charge is 0.364 e. The highest BCUT2D eigenvalue weighted by atomic mass is 16.6. The van der Waals surface area contributed by atoms with Gasteiger partial charge in [0.1, 0.15) is 0 Å². The van der Waals surface area contributed by atoms with Crippen molar-refractivity contribution in [2.75, 3.05) is 6.61 Å². The van der Waals surface area contributed by atoms with Crippen molar-refractivity contribution in [1.82, 2.24) is 0 Å². The van der Waals surface area contributed by atoms with Crippen molar-refractivity contribution in [2.24, 2.45) is 22.7 Å². The van der Waals surface area contributed by atoms with Crippen molar-refractivity contribution in [1.29, 1.82) is 0 Å². The first kappa shape index (κ1) is 11.7. The van der Waals surface area contributed by atoms with Gasteiger partial charge in [0.15, 0.2) is 6.29 Å². The molecule has 96 valence electrons. The Morgan fingerprint density at radius 2 is 2.06 bits per heavy atom. The number of hydrogen-bond acceptors (Lipinski definition) is 2. The molecule has 0 aromatic rings. The molecular weight excluding hydrogens is 212 g/mol. The summed E-state index contributed by atoms with van der Waals surface area (Å²) in [6, 6.07) is 0. The van der Waals surface area contributed by atoms with E-state index >= 15 is 0 Å². The lowest BCUT2D eigenvalue weighted by atomic mass is 9.49. The van der Waals surface area contributed by atoms with Crippen LogP contribution in [-0.2, 0) is 4.74 Å². The fourth-order valence-electron chi connectivity index (χ4n) is 4.79. The Morgan fingerprint density at radius 3 is 2.82 bits per heavy atom. The molecule has 2 heteroatoms. The Morgan fingerprint density at radius 1 is 1.29 bits per heavy atom. The van der Waals surface area contributed by atoms with Crippen molar-refractivity contribution in [2.45, 2.75) is 52.7 Å². The third-order valence-corrected chi connectivity index (χ3v) is 5.77. The van der Waals surface area contributed by atoms with Crippen LogP contribution in [0.1, 0.15) is 46.5 Å². The summed E-state index contributed by atoms with van der Waals surface area (Å²) < 4.78 is 5.47. The minimum Gasteiger partial charge on any atom is -0.364 e. The average molecular weight is 236 g/mol. The van der Waals surface area contributed by atoms with Crippen LogP contribution in [-0.4, -0.2) is 18.0 Å². The second kappa shape index (κ2) is 3.58. The maximum atomic E-state index is 9.87. The molecule has 0 bridgehead atoms. The van der Waals surface area contributed by atoms with E-state index < -0.39 is 6.29 Å². The summed E-state index contributed by atoms with van der Waals surface area (Å²) >= 11 is 0. The molecule has 3 rings (SSSR count). The van der Waals surface area contributed by atoms with Crippen LogP contribution in [0.4, 0.5) is 0 Å². The molecule has 1 heterocycles. The number of ether oxygens (including phenoxy) is 1. The van der Waals surface area contributed by atoms with Gasteiger partial charge in [0.2, 0.25) is 0 Å². The topological polar surface area (TPSA) is 29.5 Å². The standard InChI is InChI=1S/C15H24O2/c1-14(2)7-4-8-15(3)11-9-17-13(16)10(11)5-6-12(14)15/h5,11-13,16H,4,6-9H2,1-3H3/t11?,12-,13?,15+/m0/s1. The van der Waals surface area contributed by atoms with Crippen LogP contribution in [0, 0.1) is 22.7 Å². The van der Waals surface area contributed by atoms with Crippen LogP contribution in [0.5, 0.6) is 0 Å². The zero-order valence-corrected chi connectivity index (χ0v) is 11.2. The molecule has 0 aromatic heterocycles. The minimum atomic E-state index is -0.622. The number of aliphatic hydroxyl groups is 1. The first-order valence-corrected chi connectivity index (χ1v) is 6.95. The Hall–Kier alpha value is -0.340. The molecule has 0 amide bonds. The van der Waals surface area contributed by atoms with Crippen LogP contribution < -0.4 is 0 Å². The lowest BCUT2D eigenvalue weighted by Crippen LogP contribution is -2.48. The van der Waals surface area contributed by atoms with Gasteiger partial charge in [-0.25, -0.2) is 0 Å². The maximum absolute atomic E-state index is 9.87. The van der Waals surface area contributed by atoms with E-state index in [0.717, 1.165) is 18.9 Å². The highest BCUT2D eigenvalue weighted by molar-refractivity contribution is 5.24. The van der Waals surface area contributed by atoms with E-state index in [0.29, 0.717) is 16.7 Å². The summed E-state index contributed by atoms with van der Waals surface area (Å²) in [6.07, 6.45) is 6.71. The van der Waals surface area contributed by atoms with E-state index in [-0.39, 0.29) is 0 Å². The summed E-state index contributed by atoms with van der Waals surface area (Å²) in [5.41, 5.74) is 1.94. The Balaban J connectivity index is 2.00. The van der Waals surface area contributed by atoms with Gasteiger partial charge in [0.25, 0.3) is 0 Å². The summed E-state index contributed by atoms with van der Waals surface area (Å²) in [4.78, 5) is 0. The fraction of sp³-hybridized carbons (Fsp3) is 0.867. The number of allylic oxidation sites excluding steroid dienone is 1. The van der Waals surface area contributed by atoms with Crippen LogP contribution >= 0.6 is 0 Å². The lowest BCUT2D eigenvalue weighted by Gasteiger charge is -2.55. The molecule has 2 aliphatic carbocycles. The maximum Gasteiger partial charge on any atom is 0.177 e. The molecule has 17 heavy (non-hydrogen) atoms. The Kier molecular flexibility index (Phi) is 2.47. The quantitative estimate of drug-likeness (QED) is 0.655. The normalized spacial score (nSPS) is 48.2. The van der Waals surface area contributed by atoms with Crippen molar-refractivity contribution in [3.8, 4) is 0 Å². The van der Waals surface area contributed by atoms with Crippen LogP contribution in [0.3, 0.4) is 0 Å². The molecule has 4 atom stereocenters. The van der Waals surface area contributed by atoms with Crippen LogP contribution in [0.25, 0.3) is 0 Å². The molecule has 3 aliphatic rings. The minimum absolute atomic E-state index is 0.337. The monoisotopic (exact) mass is 236 g/mol. The Labute approximate surface area is 104 Å². The Bertz CT molecular complexity index is 358. The molecule has 2 nitrogen and oxygen atoms in total. The van der Waals surface area contributed by atoms with Crippen LogP contribution in [0.2, 0.25) is 0 Å². The number of fused-ring (bicyclic) bond motifs is 3. The van der Waals surface area contributed by atoms with E-state index in [1.807, 2.05) is 0 Å². The molecule has 2 unspecified atom stereocenters. The molecule has 1 saturated heterocycles. The predicted octanol–water partition coefficient (Wildman–Crippen LogP) is 3.11. The molecule has 1 aliphatic heterocycles. The van der Waals surface area contributed by atoms with Gasteiger partial charge in [-0.05, 0) is 41.6 Å². The number of hydrogen-bond donors (Lipinski definition) is 1. The third-order valence-electron chi connectivity index (χ3n) is 5.77. The molecular formula is C15H24O2. The van der Waals surface area contributed by atoms with Gasteiger partial charge in [0, 0.05) is 5.92 Å². The van der Waals surface area contributed by atoms with Crippen molar-refractivity contribution < 1.29 is 9.84 Å². The van der Waals surface area contributed by atoms with E-state index in [2.05, 4.69) is 26.8 Å².